The normalized spacial score (nSPS) is 10.2. The van der Waals surface area contributed by atoms with Crippen LogP contribution in [0.1, 0.15) is 5.69 Å². The molecule has 0 aliphatic heterocycles. The van der Waals surface area contributed by atoms with Crippen LogP contribution in [0.3, 0.4) is 0 Å². The second-order valence-electron chi connectivity index (χ2n) is 2.26. The molecular weight excluding hydrogens is 242 g/mol. The number of nitriles is 1. The Bertz CT molecular complexity index is 376. The summed E-state index contributed by atoms with van der Waals surface area (Å²) in [6.07, 6.45) is 0. The molecule has 1 heterocycles. The van der Waals surface area contributed by atoms with Crippen molar-refractivity contribution in [2.24, 2.45) is 0 Å². The summed E-state index contributed by atoms with van der Waals surface area (Å²) < 4.78 is 36.4. The minimum absolute atomic E-state index is 0. The first-order chi connectivity index (χ1) is 5.95. The second-order valence-corrected chi connectivity index (χ2v) is 2.62. The molecule has 0 N–H and O–H groups in total. The summed E-state index contributed by atoms with van der Waals surface area (Å²) in [5, 5.41) is 7.63. The Labute approximate surface area is 126 Å². The van der Waals surface area contributed by atoms with Crippen LogP contribution >= 0.6 is 11.6 Å². The Morgan fingerprint density at radius 3 is 2.29 bits per heavy atom. The van der Waals surface area contributed by atoms with E-state index in [0.717, 1.165) is 12.1 Å². The molecule has 0 amide bonds. The third-order valence-corrected chi connectivity index (χ3v) is 1.65. The zero-order valence-electron chi connectivity index (χ0n) is 7.14. The molecule has 0 spiro atoms. The molecule has 0 unspecified atom stereocenters. The Kier molecular flexibility index (Phi) is 5.66. The standard InChI is InChI=1S/C6H2BClF3N2.K/c8-6-5(7(9,10)11)2-1-4(3-12)13-6;/h1-2H;/q-1;+1. The van der Waals surface area contributed by atoms with Crippen molar-refractivity contribution in [3.63, 3.8) is 0 Å². The molecule has 1 aromatic rings. The molecule has 0 aliphatic carbocycles. The maximum absolute atomic E-state index is 12.1. The van der Waals surface area contributed by atoms with Gasteiger partial charge in [-0.05, 0) is 6.07 Å². The number of nitrogens with zero attached hydrogens (tertiary/aromatic N) is 2. The van der Waals surface area contributed by atoms with Gasteiger partial charge in [0.15, 0.2) is 0 Å². The quantitative estimate of drug-likeness (QED) is 0.453. The van der Waals surface area contributed by atoms with Crippen LogP contribution in [0.4, 0.5) is 12.9 Å². The van der Waals surface area contributed by atoms with E-state index in [9.17, 15) is 12.9 Å². The average Bonchev–Trinajstić information content (AvgIpc) is 2.01. The van der Waals surface area contributed by atoms with Crippen molar-refractivity contribution in [3.8, 4) is 6.07 Å². The van der Waals surface area contributed by atoms with E-state index in [4.69, 9.17) is 16.9 Å². The van der Waals surface area contributed by atoms with Crippen LogP contribution in [0.15, 0.2) is 12.1 Å². The largest absolute Gasteiger partial charge is 1.00 e. The fourth-order valence-corrected chi connectivity index (χ4v) is 1.03. The van der Waals surface area contributed by atoms with E-state index in [0.29, 0.717) is 0 Å². The molecule has 2 nitrogen and oxygen atoms in total. The van der Waals surface area contributed by atoms with Gasteiger partial charge in [0.2, 0.25) is 0 Å². The maximum Gasteiger partial charge on any atom is 1.00 e. The van der Waals surface area contributed by atoms with Gasteiger partial charge in [0.1, 0.15) is 16.9 Å². The molecule has 1 rings (SSSR count). The smallest absolute Gasteiger partial charge is 0.445 e. The van der Waals surface area contributed by atoms with Gasteiger partial charge in [-0.2, -0.15) is 5.26 Å². The van der Waals surface area contributed by atoms with E-state index in [1.807, 2.05) is 0 Å². The molecule has 68 valence electrons. The monoisotopic (exact) mass is 244 g/mol. The summed E-state index contributed by atoms with van der Waals surface area (Å²) in [5.74, 6) is 0. The summed E-state index contributed by atoms with van der Waals surface area (Å²) in [7, 11) is 0. The molecule has 0 atom stereocenters. The Balaban J connectivity index is 0.00000169. The zero-order chi connectivity index (χ0) is 10.1. The van der Waals surface area contributed by atoms with Gasteiger partial charge in [0.25, 0.3) is 0 Å². The summed E-state index contributed by atoms with van der Waals surface area (Å²) in [6, 6.07) is 3.33. The van der Waals surface area contributed by atoms with Crippen molar-refractivity contribution in [3.05, 3.63) is 23.0 Å². The van der Waals surface area contributed by atoms with Gasteiger partial charge >= 0.3 is 58.4 Å². The molecule has 0 fully saturated rings. The molecule has 0 bridgehead atoms. The van der Waals surface area contributed by atoms with E-state index in [-0.39, 0.29) is 57.1 Å². The Morgan fingerprint density at radius 2 is 1.93 bits per heavy atom. The number of pyridine rings is 1. The van der Waals surface area contributed by atoms with Crippen molar-refractivity contribution in [1.29, 1.82) is 5.26 Å². The topological polar surface area (TPSA) is 36.7 Å². The van der Waals surface area contributed by atoms with Crippen LogP contribution in [0, 0.1) is 11.3 Å². The summed E-state index contributed by atoms with van der Waals surface area (Å²) in [4.78, 5) is 3.26. The van der Waals surface area contributed by atoms with E-state index in [1.54, 1.807) is 6.07 Å². The van der Waals surface area contributed by atoms with Gasteiger partial charge in [-0.15, -0.1) is 0 Å². The van der Waals surface area contributed by atoms with Gasteiger partial charge in [-0.25, -0.2) is 4.98 Å². The summed E-state index contributed by atoms with van der Waals surface area (Å²) >= 11 is 5.23. The third-order valence-electron chi connectivity index (χ3n) is 1.34. The molecule has 0 aliphatic rings. The van der Waals surface area contributed by atoms with Crippen LogP contribution in [-0.2, 0) is 0 Å². The van der Waals surface area contributed by atoms with Crippen molar-refractivity contribution in [1.82, 2.24) is 4.98 Å². The molecule has 0 saturated carbocycles. The first-order valence-electron chi connectivity index (χ1n) is 3.21. The first kappa shape index (κ1) is 14.4. The number of aromatic nitrogens is 1. The van der Waals surface area contributed by atoms with Gasteiger partial charge in [-0.1, -0.05) is 23.1 Å². The van der Waals surface area contributed by atoms with Crippen molar-refractivity contribution in [2.45, 2.75) is 0 Å². The molecule has 14 heavy (non-hydrogen) atoms. The van der Waals surface area contributed by atoms with Crippen LogP contribution in [-0.4, -0.2) is 12.0 Å². The van der Waals surface area contributed by atoms with Crippen molar-refractivity contribution >= 4 is 24.0 Å². The first-order valence-corrected chi connectivity index (χ1v) is 3.59. The molecule has 8 heteroatoms. The SMILES string of the molecule is N#Cc1ccc([B-](F)(F)F)c(Cl)n1.[K+]. The van der Waals surface area contributed by atoms with Gasteiger partial charge in [0, 0.05) is 0 Å². The Morgan fingerprint density at radius 1 is 1.36 bits per heavy atom. The summed E-state index contributed by atoms with van der Waals surface area (Å²) in [5.41, 5.74) is -1.10. The van der Waals surface area contributed by atoms with E-state index in [1.165, 1.54) is 0 Å². The van der Waals surface area contributed by atoms with Gasteiger partial charge in [-0.3, -0.25) is 0 Å². The number of hydrogen-bond acceptors (Lipinski definition) is 2. The number of halogens is 4. The Hall–Kier alpha value is 0.421. The number of rotatable bonds is 1. The fraction of sp³-hybridized carbons (Fsp3) is 0. The molecule has 1 aromatic heterocycles. The second kappa shape index (κ2) is 5.49. The molecule has 0 aromatic carbocycles. The minimum atomic E-state index is -5.15. The van der Waals surface area contributed by atoms with E-state index < -0.39 is 17.6 Å². The van der Waals surface area contributed by atoms with Crippen molar-refractivity contribution in [2.75, 3.05) is 0 Å². The maximum atomic E-state index is 12.1. The van der Waals surface area contributed by atoms with Crippen LogP contribution < -0.4 is 56.8 Å². The predicted molar refractivity (Wildman–Crippen MR) is 42.7 cm³/mol. The predicted octanol–water partition coefficient (Wildman–Crippen LogP) is -1.33. The van der Waals surface area contributed by atoms with Gasteiger partial charge < -0.3 is 12.9 Å². The molecular formula is C6H2BClF3KN2. The van der Waals surface area contributed by atoms with Crippen LogP contribution in [0.2, 0.25) is 5.15 Å². The van der Waals surface area contributed by atoms with E-state index in [2.05, 4.69) is 4.98 Å². The minimum Gasteiger partial charge on any atom is -0.445 e. The average molecular weight is 244 g/mol. The zero-order valence-corrected chi connectivity index (χ0v) is 11.0. The third kappa shape index (κ3) is 3.53. The number of hydrogen-bond donors (Lipinski definition) is 0. The van der Waals surface area contributed by atoms with Gasteiger partial charge in [0.05, 0.1) is 0 Å². The summed E-state index contributed by atoms with van der Waals surface area (Å²) in [6.45, 7) is -5.15. The van der Waals surface area contributed by atoms with E-state index >= 15 is 0 Å². The van der Waals surface area contributed by atoms with Crippen LogP contribution in [0.5, 0.6) is 0 Å². The fourth-order valence-electron chi connectivity index (χ4n) is 0.751. The molecule has 0 saturated heterocycles. The van der Waals surface area contributed by atoms with Crippen LogP contribution in [0.25, 0.3) is 0 Å². The van der Waals surface area contributed by atoms with Crippen molar-refractivity contribution < 1.29 is 64.3 Å². The molecule has 0 radical (unpaired) electrons.